The van der Waals surface area contributed by atoms with Crippen LogP contribution >= 0.6 is 0 Å². The first-order valence-electron chi connectivity index (χ1n) is 35.7. The molecule has 0 amide bonds. The van der Waals surface area contributed by atoms with Gasteiger partial charge in [0.2, 0.25) is 0 Å². The van der Waals surface area contributed by atoms with Gasteiger partial charge in [-0.3, -0.25) is 0 Å². The molecule has 6 heterocycles. The quantitative estimate of drug-likeness (QED) is 0.143. The van der Waals surface area contributed by atoms with Crippen molar-refractivity contribution in [2.75, 3.05) is 0 Å². The minimum Gasteiger partial charge on any atom is -0.308 e. The van der Waals surface area contributed by atoms with Gasteiger partial charge in [0.1, 0.15) is 0 Å². The molecule has 0 N–H and O–H groups in total. The van der Waals surface area contributed by atoms with Crippen LogP contribution in [0.15, 0.2) is 376 Å². The highest BCUT2D eigenvalue weighted by Gasteiger charge is 2.22. The number of rotatable bonds is 9. The van der Waals surface area contributed by atoms with Crippen molar-refractivity contribution in [1.29, 1.82) is 0 Å². The first kappa shape index (κ1) is 61.4. The molecule has 0 saturated carbocycles. The summed E-state index contributed by atoms with van der Waals surface area (Å²) in [6, 6.07) is 132. The molecule has 21 rings (SSSR count). The topological polar surface area (TPSA) is 96.0 Å². The third-order valence-corrected chi connectivity index (χ3v) is 20.3. The minimum atomic E-state index is 0.641. The normalized spacial score (nSPS) is 11.6. The van der Waals surface area contributed by atoms with Crippen LogP contribution in [0.5, 0.6) is 0 Å². The van der Waals surface area contributed by atoms with Crippen molar-refractivity contribution in [3.63, 3.8) is 0 Å². The van der Waals surface area contributed by atoms with Gasteiger partial charge in [-0.1, -0.05) is 285 Å². The van der Waals surface area contributed by atoms with Gasteiger partial charge < -0.3 is 17.9 Å². The third kappa shape index (κ3) is 10.6. The fourth-order valence-electron chi connectivity index (χ4n) is 15.5. The van der Waals surface area contributed by atoms with E-state index in [1.807, 2.05) is 121 Å². The van der Waals surface area contributed by atoms with Crippen molar-refractivity contribution < 1.29 is 0 Å². The average molecular weight is 1360 g/mol. The SMILES string of the molecule is c1ccc(-c2nc(-c3ccccc3)nc(-c3ccc(-c4ccc5c(c4)c4cccc6c7ccccc7n(-c7ccccc7)c7ccccc7n5c64)cc3)n2)cc1.c1ccc(-c2nc(-c3ccccc3)nc(-c3ccc4c(c3)c3cccc5c6ccccc6n(-c6ccccc6)c6ccccc6n4c53)n2)cc1. The molecule has 0 radical (unpaired) electrons. The van der Waals surface area contributed by atoms with E-state index < -0.39 is 0 Å². The Bertz CT molecular complexity index is 6920. The number of fused-ring (bicyclic) bond motifs is 14. The molecule has 0 unspecified atom stereocenters. The molecule has 21 aromatic rings. The van der Waals surface area contributed by atoms with Crippen molar-refractivity contribution in [2.45, 2.75) is 0 Å². The molecule has 0 fully saturated rings. The first-order valence-corrected chi connectivity index (χ1v) is 35.7. The maximum atomic E-state index is 5.05. The predicted octanol–water partition coefficient (Wildman–Crippen LogP) is 23.8. The lowest BCUT2D eigenvalue weighted by molar-refractivity contribution is 1.07. The van der Waals surface area contributed by atoms with E-state index in [1.54, 1.807) is 0 Å². The maximum absolute atomic E-state index is 5.05. The summed E-state index contributed by atoms with van der Waals surface area (Å²) in [7, 11) is 0. The van der Waals surface area contributed by atoms with Gasteiger partial charge in [-0.2, -0.15) is 0 Å². The van der Waals surface area contributed by atoms with Gasteiger partial charge in [0.05, 0.1) is 55.2 Å². The standard InChI is InChI=1S/C51H33N5.C45H29N5/c1-4-15-35(16-5-1)49-52-50(36-17-6-2-7-18-36)54-51(53-49)37-29-27-34(28-30-37)38-31-32-45-43(33-38)42-23-14-22-41-40-21-10-11-24-44(40)55(39-19-8-3-9-20-39)46-25-12-13-26-47(46)56(45)48(41)42;1-4-15-30(16-5-1)43-46-44(31-17-6-2-7-18-31)48-45(47-43)32-27-28-39-37(29-32)36-23-14-22-35-34-21-10-11-24-38(34)49(33-19-8-3-9-20-33)40-25-12-13-26-41(40)50(39)42(35)36/h1-33H;1-29H. The molecule has 0 aliphatic rings. The van der Waals surface area contributed by atoms with Crippen LogP contribution in [0.3, 0.4) is 0 Å². The summed E-state index contributed by atoms with van der Waals surface area (Å²) >= 11 is 0. The number of hydrogen-bond acceptors (Lipinski definition) is 6. The van der Waals surface area contributed by atoms with Gasteiger partial charge in [-0.15, -0.1) is 0 Å². The summed E-state index contributed by atoms with van der Waals surface area (Å²) in [4.78, 5) is 29.8. The Morgan fingerprint density at radius 2 is 0.406 bits per heavy atom. The van der Waals surface area contributed by atoms with Gasteiger partial charge in [0.25, 0.3) is 0 Å². The zero-order chi connectivity index (χ0) is 70.0. The highest BCUT2D eigenvalue weighted by atomic mass is 15.1. The molecular weight excluding hydrogens is 1290 g/mol. The van der Waals surface area contributed by atoms with E-state index in [2.05, 4.69) is 273 Å². The molecule has 10 nitrogen and oxygen atoms in total. The number of aromatic nitrogens is 10. The Labute approximate surface area is 609 Å². The molecule has 496 valence electrons. The highest BCUT2D eigenvalue weighted by Crippen LogP contribution is 2.42. The Kier molecular flexibility index (Phi) is 15.0. The second-order valence-electron chi connectivity index (χ2n) is 26.5. The Morgan fingerprint density at radius 3 is 0.783 bits per heavy atom. The van der Waals surface area contributed by atoms with E-state index in [0.29, 0.717) is 34.9 Å². The van der Waals surface area contributed by atoms with Crippen LogP contribution in [0.4, 0.5) is 0 Å². The molecule has 0 saturated heterocycles. The van der Waals surface area contributed by atoms with Crippen LogP contribution in [0.2, 0.25) is 0 Å². The zero-order valence-electron chi connectivity index (χ0n) is 57.3. The molecule has 0 spiro atoms. The fourth-order valence-corrected chi connectivity index (χ4v) is 15.5. The number of benzene rings is 15. The fraction of sp³-hybridized carbons (Fsp3) is 0. The predicted molar refractivity (Wildman–Crippen MR) is 436 cm³/mol. The van der Waals surface area contributed by atoms with E-state index in [9.17, 15) is 0 Å². The largest absolute Gasteiger partial charge is 0.308 e. The van der Waals surface area contributed by atoms with Gasteiger partial charge in [-0.25, -0.2) is 29.9 Å². The molecule has 0 aliphatic carbocycles. The summed E-state index contributed by atoms with van der Waals surface area (Å²) in [5.74, 6) is 3.89. The zero-order valence-corrected chi connectivity index (χ0v) is 57.3. The molecule has 6 aromatic heterocycles. The molecule has 10 heteroatoms. The molecule has 15 aromatic carbocycles. The summed E-state index contributed by atoms with van der Waals surface area (Å²) in [6.45, 7) is 0. The van der Waals surface area contributed by atoms with Crippen LogP contribution in [0, 0.1) is 0 Å². The lowest BCUT2D eigenvalue weighted by Crippen LogP contribution is -2.01. The monoisotopic (exact) mass is 1350 g/mol. The second-order valence-corrected chi connectivity index (χ2v) is 26.5. The summed E-state index contributed by atoms with van der Waals surface area (Å²) < 4.78 is 9.67. The van der Waals surface area contributed by atoms with Gasteiger partial charge in [0, 0.05) is 87.8 Å². The number of nitrogens with zero attached hydrogens (tertiary/aromatic N) is 10. The van der Waals surface area contributed by atoms with Crippen molar-refractivity contribution >= 4 is 98.3 Å². The van der Waals surface area contributed by atoms with Gasteiger partial charge in [0.15, 0.2) is 34.9 Å². The van der Waals surface area contributed by atoms with Crippen LogP contribution in [-0.2, 0) is 0 Å². The Morgan fingerprint density at radius 1 is 0.151 bits per heavy atom. The van der Waals surface area contributed by atoms with Crippen LogP contribution in [-0.4, -0.2) is 47.8 Å². The van der Waals surface area contributed by atoms with Crippen LogP contribution in [0.25, 0.3) is 189 Å². The van der Waals surface area contributed by atoms with Crippen LogP contribution < -0.4 is 0 Å². The number of para-hydroxylation sites is 10. The molecular formula is C96H62N10. The molecule has 0 atom stereocenters. The van der Waals surface area contributed by atoms with E-state index in [0.717, 1.165) is 99.9 Å². The van der Waals surface area contributed by atoms with E-state index in [-0.39, 0.29) is 0 Å². The second kappa shape index (κ2) is 25.8. The molecule has 0 bridgehead atoms. The Hall–Kier alpha value is -14.5. The van der Waals surface area contributed by atoms with E-state index >= 15 is 0 Å². The summed E-state index contributed by atoms with van der Waals surface area (Å²) in [6.07, 6.45) is 0. The smallest absolute Gasteiger partial charge is 0.164 e. The lowest BCUT2D eigenvalue weighted by Gasteiger charge is -2.16. The van der Waals surface area contributed by atoms with Gasteiger partial charge >= 0.3 is 0 Å². The highest BCUT2D eigenvalue weighted by molar-refractivity contribution is 6.22. The first-order chi connectivity index (χ1) is 52.6. The van der Waals surface area contributed by atoms with Crippen molar-refractivity contribution in [3.8, 4) is 90.8 Å². The number of hydrogen-bond donors (Lipinski definition) is 0. The maximum Gasteiger partial charge on any atom is 0.164 e. The van der Waals surface area contributed by atoms with Crippen molar-refractivity contribution in [2.24, 2.45) is 0 Å². The van der Waals surface area contributed by atoms with Gasteiger partial charge in [-0.05, 0) is 102 Å². The van der Waals surface area contributed by atoms with Crippen molar-refractivity contribution in [3.05, 3.63) is 376 Å². The summed E-state index contributed by atoms with van der Waals surface area (Å²) in [5.41, 5.74) is 21.6. The van der Waals surface area contributed by atoms with Crippen molar-refractivity contribution in [1.82, 2.24) is 47.8 Å². The summed E-state index contributed by atoms with van der Waals surface area (Å²) in [5, 5.41) is 9.52. The third-order valence-electron chi connectivity index (χ3n) is 20.3. The molecule has 0 aliphatic heterocycles. The Balaban J connectivity index is 0.000000141. The lowest BCUT2D eigenvalue weighted by atomic mass is 10.0. The minimum absolute atomic E-state index is 0.641. The van der Waals surface area contributed by atoms with E-state index in [1.165, 1.54) is 54.3 Å². The van der Waals surface area contributed by atoms with Crippen LogP contribution in [0.1, 0.15) is 0 Å². The molecule has 106 heavy (non-hydrogen) atoms. The van der Waals surface area contributed by atoms with E-state index in [4.69, 9.17) is 29.9 Å². The average Bonchev–Trinajstić information content (AvgIpc) is 1.54.